The molecule has 0 radical (unpaired) electrons. The topological polar surface area (TPSA) is 114 Å². The molecule has 0 amide bonds. The highest BCUT2D eigenvalue weighted by Gasteiger charge is 2.14. The van der Waals surface area contributed by atoms with Gasteiger partial charge in [-0.15, -0.1) is 10.2 Å². The van der Waals surface area contributed by atoms with Gasteiger partial charge in [0, 0.05) is 11.6 Å². The standard InChI is InChI=1S/C11H8ClN5O3/c12-9-4-5-10(16-14-9)15-13-6-7-2-1-3-8(11(7)18)17(19)20/h1-6,18H,(H,15,16)/b13-6-. The summed E-state index contributed by atoms with van der Waals surface area (Å²) in [5.41, 5.74) is 2.37. The van der Waals surface area contributed by atoms with E-state index < -0.39 is 10.7 Å². The highest BCUT2D eigenvalue weighted by Crippen LogP contribution is 2.27. The number of anilines is 1. The van der Waals surface area contributed by atoms with Gasteiger partial charge in [-0.05, 0) is 18.2 Å². The molecule has 0 fully saturated rings. The maximum atomic E-state index is 10.7. The Labute approximate surface area is 117 Å². The van der Waals surface area contributed by atoms with Gasteiger partial charge >= 0.3 is 5.69 Å². The van der Waals surface area contributed by atoms with Crippen LogP contribution in [0.15, 0.2) is 35.4 Å². The Morgan fingerprint density at radius 2 is 2.15 bits per heavy atom. The van der Waals surface area contributed by atoms with E-state index in [4.69, 9.17) is 11.6 Å². The predicted molar refractivity (Wildman–Crippen MR) is 73.0 cm³/mol. The van der Waals surface area contributed by atoms with Crippen molar-refractivity contribution in [1.82, 2.24) is 10.2 Å². The minimum atomic E-state index is -0.676. The second-order valence-electron chi connectivity index (χ2n) is 3.58. The average molecular weight is 294 g/mol. The van der Waals surface area contributed by atoms with Gasteiger partial charge in [-0.3, -0.25) is 15.5 Å². The number of phenols is 1. The second kappa shape index (κ2) is 5.93. The summed E-state index contributed by atoms with van der Waals surface area (Å²) in [4.78, 5) is 9.98. The van der Waals surface area contributed by atoms with Crippen LogP contribution in [0.25, 0.3) is 0 Å². The third kappa shape index (κ3) is 3.18. The molecule has 2 N–H and O–H groups in total. The zero-order valence-corrected chi connectivity index (χ0v) is 10.7. The Hall–Kier alpha value is -2.74. The molecule has 0 aliphatic heterocycles. The molecule has 102 valence electrons. The lowest BCUT2D eigenvalue weighted by molar-refractivity contribution is -0.385. The number of hydrazone groups is 1. The van der Waals surface area contributed by atoms with Crippen molar-refractivity contribution in [3.8, 4) is 5.75 Å². The van der Waals surface area contributed by atoms with Crippen molar-refractivity contribution >= 4 is 29.3 Å². The SMILES string of the molecule is O=[N+]([O-])c1cccc(/C=N\Nc2ccc(Cl)nn2)c1O. The van der Waals surface area contributed by atoms with Crippen molar-refractivity contribution < 1.29 is 10.0 Å². The predicted octanol–water partition coefficient (Wildman–Crippen LogP) is 2.19. The van der Waals surface area contributed by atoms with Crippen molar-refractivity contribution in [1.29, 1.82) is 0 Å². The molecule has 0 spiro atoms. The van der Waals surface area contributed by atoms with E-state index in [1.807, 2.05) is 0 Å². The van der Waals surface area contributed by atoms with E-state index in [1.54, 1.807) is 6.07 Å². The lowest BCUT2D eigenvalue weighted by Crippen LogP contribution is -1.96. The number of phenolic OH excluding ortho intramolecular Hbond substituents is 1. The van der Waals surface area contributed by atoms with Crippen molar-refractivity contribution in [2.45, 2.75) is 0 Å². The number of nitrogens with one attached hydrogen (secondary N) is 1. The number of halogens is 1. The fourth-order valence-electron chi connectivity index (χ4n) is 1.34. The first-order valence-corrected chi connectivity index (χ1v) is 5.70. The molecule has 0 unspecified atom stereocenters. The molecule has 0 atom stereocenters. The molecule has 0 aliphatic rings. The molecule has 1 heterocycles. The quantitative estimate of drug-likeness (QED) is 0.507. The lowest BCUT2D eigenvalue weighted by Gasteiger charge is -2.00. The first-order chi connectivity index (χ1) is 9.58. The Morgan fingerprint density at radius 3 is 2.80 bits per heavy atom. The first kappa shape index (κ1) is 13.7. The van der Waals surface area contributed by atoms with Crippen LogP contribution in [0.1, 0.15) is 5.56 Å². The second-order valence-corrected chi connectivity index (χ2v) is 3.97. The number of hydrogen-bond acceptors (Lipinski definition) is 7. The van der Waals surface area contributed by atoms with Gasteiger partial charge in [0.15, 0.2) is 11.0 Å². The van der Waals surface area contributed by atoms with Gasteiger partial charge < -0.3 is 5.11 Å². The fraction of sp³-hybridized carbons (Fsp3) is 0. The minimum Gasteiger partial charge on any atom is -0.502 e. The number of nitro groups is 1. The normalized spacial score (nSPS) is 10.7. The van der Waals surface area contributed by atoms with Gasteiger partial charge in [0.25, 0.3) is 0 Å². The maximum Gasteiger partial charge on any atom is 0.311 e. The number of nitrogens with zero attached hydrogens (tertiary/aromatic N) is 4. The molecule has 0 aliphatic carbocycles. The number of rotatable bonds is 4. The molecular formula is C11H8ClN5O3. The monoisotopic (exact) mass is 293 g/mol. The number of aromatic nitrogens is 2. The summed E-state index contributed by atoms with van der Waals surface area (Å²) in [6, 6.07) is 7.21. The number of hydrogen-bond donors (Lipinski definition) is 2. The Kier molecular flexibility index (Phi) is 4.06. The fourth-order valence-corrected chi connectivity index (χ4v) is 1.44. The van der Waals surface area contributed by atoms with Gasteiger partial charge in [-0.1, -0.05) is 17.7 Å². The molecule has 9 heteroatoms. The van der Waals surface area contributed by atoms with Crippen LogP contribution < -0.4 is 5.43 Å². The third-order valence-corrected chi connectivity index (χ3v) is 2.46. The molecule has 0 saturated heterocycles. The van der Waals surface area contributed by atoms with Gasteiger partial charge in [-0.2, -0.15) is 5.10 Å². The molecule has 20 heavy (non-hydrogen) atoms. The molecule has 8 nitrogen and oxygen atoms in total. The van der Waals surface area contributed by atoms with Crippen LogP contribution >= 0.6 is 11.6 Å². The van der Waals surface area contributed by atoms with E-state index >= 15 is 0 Å². The first-order valence-electron chi connectivity index (χ1n) is 5.32. The highest BCUT2D eigenvalue weighted by molar-refractivity contribution is 6.29. The van der Waals surface area contributed by atoms with E-state index in [9.17, 15) is 15.2 Å². The largest absolute Gasteiger partial charge is 0.502 e. The lowest BCUT2D eigenvalue weighted by atomic mass is 10.2. The van der Waals surface area contributed by atoms with Crippen LogP contribution in [0.5, 0.6) is 5.75 Å². The highest BCUT2D eigenvalue weighted by atomic mass is 35.5. The minimum absolute atomic E-state index is 0.202. The molecule has 1 aromatic heterocycles. The summed E-state index contributed by atoms with van der Waals surface area (Å²) in [6.07, 6.45) is 1.23. The van der Waals surface area contributed by atoms with Gasteiger partial charge in [0.2, 0.25) is 5.75 Å². The van der Waals surface area contributed by atoms with Crippen molar-refractivity contribution in [3.63, 3.8) is 0 Å². The smallest absolute Gasteiger partial charge is 0.311 e. The van der Waals surface area contributed by atoms with Gasteiger partial charge in [0.05, 0.1) is 11.1 Å². The summed E-state index contributed by atoms with van der Waals surface area (Å²) in [7, 11) is 0. The Morgan fingerprint density at radius 1 is 1.35 bits per heavy atom. The van der Waals surface area contributed by atoms with Crippen LogP contribution in [-0.4, -0.2) is 26.4 Å². The molecular weight excluding hydrogens is 286 g/mol. The van der Waals surface area contributed by atoms with Crippen LogP contribution in [0.3, 0.4) is 0 Å². The number of nitro benzene ring substituents is 1. The zero-order valence-electron chi connectivity index (χ0n) is 9.89. The van der Waals surface area contributed by atoms with Gasteiger partial charge in [-0.25, -0.2) is 0 Å². The van der Waals surface area contributed by atoms with Crippen molar-refractivity contribution in [2.75, 3.05) is 5.43 Å². The van der Waals surface area contributed by atoms with E-state index in [-0.39, 0.29) is 16.4 Å². The summed E-state index contributed by atoms with van der Waals surface area (Å²) in [6.45, 7) is 0. The number of benzene rings is 1. The van der Waals surface area contributed by atoms with Crippen LogP contribution in [0.4, 0.5) is 11.5 Å². The number of aromatic hydroxyl groups is 1. The summed E-state index contributed by atoms with van der Waals surface area (Å²) in [5, 5.41) is 31.7. The van der Waals surface area contributed by atoms with Crippen molar-refractivity contribution in [3.05, 3.63) is 51.2 Å². The van der Waals surface area contributed by atoms with E-state index in [2.05, 4.69) is 20.7 Å². The Bertz CT molecular complexity index is 660. The molecule has 0 saturated carbocycles. The van der Waals surface area contributed by atoms with Gasteiger partial charge in [0.1, 0.15) is 0 Å². The van der Waals surface area contributed by atoms with Crippen molar-refractivity contribution in [2.24, 2.45) is 5.10 Å². The molecule has 2 aromatic rings. The molecule has 2 rings (SSSR count). The van der Waals surface area contributed by atoms with Crippen LogP contribution in [-0.2, 0) is 0 Å². The Balaban J connectivity index is 2.14. The summed E-state index contributed by atoms with van der Waals surface area (Å²) in [5.74, 6) is -0.110. The average Bonchev–Trinajstić information content (AvgIpc) is 2.42. The molecule has 1 aromatic carbocycles. The summed E-state index contributed by atoms with van der Waals surface area (Å²) >= 11 is 5.57. The van der Waals surface area contributed by atoms with E-state index in [0.717, 1.165) is 0 Å². The number of para-hydroxylation sites is 1. The van der Waals surface area contributed by atoms with E-state index in [1.165, 1.54) is 30.5 Å². The zero-order chi connectivity index (χ0) is 14.5. The van der Waals surface area contributed by atoms with Crippen LogP contribution in [0.2, 0.25) is 5.15 Å². The van der Waals surface area contributed by atoms with E-state index in [0.29, 0.717) is 5.82 Å². The molecule has 0 bridgehead atoms. The maximum absolute atomic E-state index is 10.7. The summed E-state index contributed by atoms with van der Waals surface area (Å²) < 4.78 is 0. The van der Waals surface area contributed by atoms with Crippen LogP contribution in [0, 0.1) is 10.1 Å². The third-order valence-electron chi connectivity index (χ3n) is 2.26.